The van der Waals surface area contributed by atoms with Gasteiger partial charge in [0.05, 0.1) is 47.8 Å². The Hall–Kier alpha value is -4.69. The average Bonchev–Trinajstić information content (AvgIpc) is 3.70. The predicted molar refractivity (Wildman–Crippen MR) is 151 cm³/mol. The molecule has 210 valence electrons. The van der Waals surface area contributed by atoms with Gasteiger partial charge in [0.15, 0.2) is 16.6 Å². The number of aliphatic carboxylic acids is 2. The molecule has 5 aromatic rings. The molecule has 0 aliphatic carbocycles. The number of carbonyl (C=O) groups is 4. The van der Waals surface area contributed by atoms with E-state index in [1.54, 1.807) is 24.3 Å². The Bertz CT molecular complexity index is 1710. The zero-order valence-corrected chi connectivity index (χ0v) is 23.4. The number of Topliss-reactive ketones (excluding diaryl/α,β-unsaturated/α-hetero) is 2. The zero-order chi connectivity index (χ0) is 29.3. The molecule has 0 bridgehead atoms. The highest BCUT2D eigenvalue weighted by Gasteiger charge is 2.23. The minimum atomic E-state index is -1.06. The lowest BCUT2D eigenvalue weighted by molar-refractivity contribution is -0.137. The van der Waals surface area contributed by atoms with Crippen LogP contribution in [0.2, 0.25) is 0 Å². The lowest BCUT2D eigenvalue weighted by Crippen LogP contribution is -2.03. The molecule has 0 saturated heterocycles. The quantitative estimate of drug-likeness (QED) is 0.164. The zero-order valence-electron chi connectivity index (χ0n) is 21.7. The summed E-state index contributed by atoms with van der Waals surface area (Å²) in [5.74, 6) is -1.76. The lowest BCUT2D eigenvalue weighted by Gasteiger charge is -2.11. The third-order valence-corrected chi connectivity index (χ3v) is 8.46. The molecular weight excluding hydrogens is 572 g/mol. The maximum absolute atomic E-state index is 12.5. The summed E-state index contributed by atoms with van der Waals surface area (Å²) in [6.45, 7) is 0. The van der Waals surface area contributed by atoms with Gasteiger partial charge < -0.3 is 19.7 Å². The predicted octanol–water partition coefficient (Wildman–Crippen LogP) is 5.08. The SMILES string of the molecule is COc1cc2cc(C(=O)CCC(=O)O)sc2cc1-c1nn[nH]c1-c1cc2sc(C(=O)CCC(=O)O)nc2cc1OC. The van der Waals surface area contributed by atoms with Gasteiger partial charge in [0.1, 0.15) is 17.2 Å². The molecule has 0 aliphatic rings. The van der Waals surface area contributed by atoms with Gasteiger partial charge in [0.25, 0.3) is 0 Å². The molecule has 0 saturated carbocycles. The molecular formula is C27H22N4O8S2. The van der Waals surface area contributed by atoms with Crippen molar-refractivity contribution in [2.75, 3.05) is 14.2 Å². The smallest absolute Gasteiger partial charge is 0.303 e. The fraction of sp³-hybridized carbons (Fsp3) is 0.222. The van der Waals surface area contributed by atoms with E-state index in [1.807, 2.05) is 6.07 Å². The standard InChI is InChI=1S/C27H22N4O8S2/c1-38-18-7-12-8-22(16(32)3-5-23(34)35)40-20(12)9-13(18)25-26(30-31-29-25)14-10-21-15(11-19(14)39-2)28-27(41-21)17(33)4-6-24(36)37/h7-11H,3-6H2,1-2H3,(H,34,35)(H,36,37)(H,29,30,31). The van der Waals surface area contributed by atoms with Crippen molar-refractivity contribution in [1.82, 2.24) is 20.4 Å². The number of hydrogen-bond acceptors (Lipinski definition) is 11. The maximum Gasteiger partial charge on any atom is 0.303 e. The number of thiazole rings is 1. The van der Waals surface area contributed by atoms with E-state index in [2.05, 4.69) is 20.4 Å². The van der Waals surface area contributed by atoms with Gasteiger partial charge in [-0.1, -0.05) is 5.21 Å². The van der Waals surface area contributed by atoms with Crippen LogP contribution in [0.15, 0.2) is 30.3 Å². The number of thiophene rings is 1. The van der Waals surface area contributed by atoms with Gasteiger partial charge in [-0.15, -0.1) is 27.8 Å². The molecule has 3 heterocycles. The summed E-state index contributed by atoms with van der Waals surface area (Å²) in [6.07, 6.45) is -0.757. The Kier molecular flexibility index (Phi) is 7.77. The van der Waals surface area contributed by atoms with E-state index in [-0.39, 0.29) is 42.3 Å². The highest BCUT2D eigenvalue weighted by Crippen LogP contribution is 2.43. The molecule has 0 radical (unpaired) electrons. The van der Waals surface area contributed by atoms with Crippen molar-refractivity contribution < 1.29 is 38.9 Å². The Morgan fingerprint density at radius 1 is 0.805 bits per heavy atom. The maximum atomic E-state index is 12.5. The number of aromatic amines is 1. The van der Waals surface area contributed by atoms with Crippen LogP contribution < -0.4 is 9.47 Å². The van der Waals surface area contributed by atoms with Gasteiger partial charge >= 0.3 is 11.9 Å². The molecule has 0 unspecified atom stereocenters. The lowest BCUT2D eigenvalue weighted by atomic mass is 10.0. The average molecular weight is 595 g/mol. The second kappa shape index (κ2) is 11.4. The molecule has 0 amide bonds. The molecule has 5 rings (SSSR count). The Balaban J connectivity index is 1.56. The van der Waals surface area contributed by atoms with Gasteiger partial charge in [-0.3, -0.25) is 24.3 Å². The Labute approximate surface area is 239 Å². The molecule has 3 N–H and O–H groups in total. The summed E-state index contributed by atoms with van der Waals surface area (Å²) in [5, 5.41) is 30.0. The number of carbonyl (C=O) groups excluding carboxylic acids is 2. The third kappa shape index (κ3) is 5.64. The van der Waals surface area contributed by atoms with Gasteiger partial charge in [-0.05, 0) is 29.7 Å². The largest absolute Gasteiger partial charge is 0.496 e. The van der Waals surface area contributed by atoms with E-state index in [9.17, 15) is 19.2 Å². The first-order chi connectivity index (χ1) is 19.7. The van der Waals surface area contributed by atoms with Gasteiger partial charge in [0.2, 0.25) is 0 Å². The van der Waals surface area contributed by atoms with Crippen LogP contribution in [0.4, 0.5) is 0 Å². The first-order valence-electron chi connectivity index (χ1n) is 12.2. The van der Waals surface area contributed by atoms with Crippen LogP contribution in [0.25, 0.3) is 42.8 Å². The minimum absolute atomic E-state index is 0.0910. The second-order valence-electron chi connectivity index (χ2n) is 8.91. The van der Waals surface area contributed by atoms with Crippen molar-refractivity contribution in [2.24, 2.45) is 0 Å². The highest BCUT2D eigenvalue weighted by molar-refractivity contribution is 7.21. The molecule has 0 fully saturated rings. The molecule has 14 heteroatoms. The Morgan fingerprint density at radius 3 is 2.15 bits per heavy atom. The van der Waals surface area contributed by atoms with E-state index in [0.717, 1.165) is 21.4 Å². The van der Waals surface area contributed by atoms with E-state index in [0.29, 0.717) is 49.1 Å². The number of nitrogens with one attached hydrogen (secondary N) is 1. The van der Waals surface area contributed by atoms with E-state index >= 15 is 0 Å². The number of fused-ring (bicyclic) bond motifs is 2. The number of hydrogen-bond donors (Lipinski definition) is 3. The number of carboxylic acid groups (broad SMARTS) is 2. The molecule has 2 aromatic carbocycles. The number of carboxylic acids is 2. The van der Waals surface area contributed by atoms with Crippen LogP contribution >= 0.6 is 22.7 Å². The third-order valence-electron chi connectivity index (χ3n) is 6.27. The van der Waals surface area contributed by atoms with Gasteiger partial charge in [-0.25, -0.2) is 4.98 Å². The first kappa shape index (κ1) is 27.9. The van der Waals surface area contributed by atoms with E-state index in [1.165, 1.54) is 25.6 Å². The van der Waals surface area contributed by atoms with Crippen LogP contribution in [-0.4, -0.2) is 68.3 Å². The van der Waals surface area contributed by atoms with Crippen LogP contribution in [-0.2, 0) is 9.59 Å². The molecule has 3 aromatic heterocycles. The number of ketones is 2. The number of rotatable bonds is 12. The van der Waals surface area contributed by atoms with Gasteiger partial charge in [0, 0.05) is 34.7 Å². The van der Waals surface area contributed by atoms with Crippen molar-refractivity contribution in [3.8, 4) is 34.0 Å². The fourth-order valence-electron chi connectivity index (χ4n) is 4.27. The highest BCUT2D eigenvalue weighted by atomic mass is 32.1. The molecule has 41 heavy (non-hydrogen) atoms. The summed E-state index contributed by atoms with van der Waals surface area (Å²) in [6, 6.07) is 8.83. The van der Waals surface area contributed by atoms with E-state index < -0.39 is 11.9 Å². The van der Waals surface area contributed by atoms with Crippen LogP contribution in [0.5, 0.6) is 11.5 Å². The monoisotopic (exact) mass is 594 g/mol. The van der Waals surface area contributed by atoms with Gasteiger partial charge in [-0.2, -0.15) is 0 Å². The number of ether oxygens (including phenoxy) is 2. The van der Waals surface area contributed by atoms with Crippen molar-refractivity contribution >= 4 is 66.5 Å². The van der Waals surface area contributed by atoms with Crippen LogP contribution in [0.3, 0.4) is 0 Å². The molecule has 0 atom stereocenters. The van der Waals surface area contributed by atoms with Crippen molar-refractivity contribution in [2.45, 2.75) is 25.7 Å². The van der Waals surface area contributed by atoms with E-state index in [4.69, 9.17) is 19.7 Å². The summed E-state index contributed by atoms with van der Waals surface area (Å²) in [5.41, 5.74) is 2.71. The van der Waals surface area contributed by atoms with Crippen molar-refractivity contribution in [3.05, 3.63) is 40.2 Å². The second-order valence-corrected chi connectivity index (χ2v) is 11.0. The van der Waals surface area contributed by atoms with Crippen molar-refractivity contribution in [1.29, 1.82) is 0 Å². The normalized spacial score (nSPS) is 11.2. The topological polar surface area (TPSA) is 182 Å². The summed E-state index contributed by atoms with van der Waals surface area (Å²) < 4.78 is 12.8. The first-order valence-corrected chi connectivity index (χ1v) is 13.8. The number of H-pyrrole nitrogens is 1. The summed E-state index contributed by atoms with van der Waals surface area (Å²) in [7, 11) is 3.02. The van der Waals surface area contributed by atoms with Crippen molar-refractivity contribution in [3.63, 3.8) is 0 Å². The number of nitrogens with zero attached hydrogens (tertiary/aromatic N) is 3. The van der Waals surface area contributed by atoms with Crippen LogP contribution in [0.1, 0.15) is 45.2 Å². The van der Waals surface area contributed by atoms with Crippen LogP contribution in [0, 0.1) is 0 Å². The Morgan fingerprint density at radius 2 is 1.46 bits per heavy atom. The number of benzene rings is 2. The summed E-state index contributed by atoms with van der Waals surface area (Å²) >= 11 is 2.41. The molecule has 0 spiro atoms. The number of methoxy groups -OCH3 is 2. The minimum Gasteiger partial charge on any atom is -0.496 e. The molecule has 12 nitrogen and oxygen atoms in total. The number of aromatic nitrogens is 4. The molecule has 0 aliphatic heterocycles. The fourth-order valence-corrected chi connectivity index (χ4v) is 6.28. The summed E-state index contributed by atoms with van der Waals surface area (Å²) in [4.78, 5) is 51.6.